The molecule has 1 atom stereocenters. The van der Waals surface area contributed by atoms with Gasteiger partial charge in [0.2, 0.25) is 5.91 Å². The molecule has 9 heteroatoms. The Balaban J connectivity index is 5.19. The van der Waals surface area contributed by atoms with Gasteiger partial charge in [0.1, 0.15) is 6.04 Å². The third kappa shape index (κ3) is 5.06. The highest BCUT2D eigenvalue weighted by Crippen LogP contribution is 2.12. The standard InChI is InChI=1S/C11H23N3O5S/c1-5-13(6-2)20(18,19)14(9(3)11(16)17)8-7-12-10(4)15/h9H,5-8H2,1-4H3,(H,12,15)(H,16,17). The average molecular weight is 309 g/mol. The van der Waals surface area contributed by atoms with Crippen LogP contribution in [-0.4, -0.2) is 66.2 Å². The molecule has 0 saturated heterocycles. The monoisotopic (exact) mass is 309 g/mol. The minimum absolute atomic E-state index is 0.0629. The zero-order valence-corrected chi connectivity index (χ0v) is 13.1. The molecule has 0 bridgehead atoms. The zero-order valence-electron chi connectivity index (χ0n) is 12.3. The Bertz CT molecular complexity index is 433. The van der Waals surface area contributed by atoms with Crippen LogP contribution in [0.25, 0.3) is 0 Å². The summed E-state index contributed by atoms with van der Waals surface area (Å²) in [5.74, 6) is -1.53. The van der Waals surface area contributed by atoms with E-state index in [-0.39, 0.29) is 32.1 Å². The number of carbonyl (C=O) groups is 2. The van der Waals surface area contributed by atoms with Gasteiger partial charge >= 0.3 is 5.97 Å². The lowest BCUT2D eigenvalue weighted by Gasteiger charge is -2.30. The summed E-state index contributed by atoms with van der Waals surface area (Å²) in [7, 11) is -3.87. The summed E-state index contributed by atoms with van der Waals surface area (Å²) in [5, 5.41) is 11.5. The smallest absolute Gasteiger partial charge is 0.321 e. The third-order valence-electron chi connectivity index (χ3n) is 2.82. The molecule has 2 N–H and O–H groups in total. The summed E-state index contributed by atoms with van der Waals surface area (Å²) in [6.07, 6.45) is 0. The molecule has 0 radical (unpaired) electrons. The Labute approximate surface area is 119 Å². The van der Waals surface area contributed by atoms with E-state index in [4.69, 9.17) is 5.11 Å². The predicted molar refractivity (Wildman–Crippen MR) is 74.3 cm³/mol. The summed E-state index contributed by atoms with van der Waals surface area (Å²) < 4.78 is 26.8. The van der Waals surface area contributed by atoms with Crippen molar-refractivity contribution in [1.82, 2.24) is 13.9 Å². The van der Waals surface area contributed by atoms with Gasteiger partial charge in [-0.1, -0.05) is 13.8 Å². The molecule has 1 unspecified atom stereocenters. The van der Waals surface area contributed by atoms with Crippen molar-refractivity contribution in [3.8, 4) is 0 Å². The fraction of sp³-hybridized carbons (Fsp3) is 0.818. The molecule has 0 aromatic rings. The van der Waals surface area contributed by atoms with Crippen molar-refractivity contribution in [3.05, 3.63) is 0 Å². The highest BCUT2D eigenvalue weighted by Gasteiger charge is 2.34. The van der Waals surface area contributed by atoms with Gasteiger partial charge in [-0.25, -0.2) is 0 Å². The maximum atomic E-state index is 12.4. The van der Waals surface area contributed by atoms with Crippen molar-refractivity contribution < 1.29 is 23.1 Å². The molecule has 0 aromatic carbocycles. The second kappa shape index (κ2) is 8.18. The number of nitrogens with one attached hydrogen (secondary N) is 1. The molecule has 0 aliphatic rings. The molecule has 8 nitrogen and oxygen atoms in total. The fourth-order valence-electron chi connectivity index (χ4n) is 1.67. The third-order valence-corrected chi connectivity index (χ3v) is 5.08. The zero-order chi connectivity index (χ0) is 15.9. The van der Waals surface area contributed by atoms with Gasteiger partial charge in [-0.05, 0) is 6.92 Å². The van der Waals surface area contributed by atoms with Crippen LogP contribution in [0.1, 0.15) is 27.7 Å². The Morgan fingerprint density at radius 1 is 1.25 bits per heavy atom. The largest absolute Gasteiger partial charge is 0.480 e. The van der Waals surface area contributed by atoms with E-state index in [2.05, 4.69) is 5.32 Å². The summed E-state index contributed by atoms with van der Waals surface area (Å²) >= 11 is 0. The number of carbonyl (C=O) groups excluding carboxylic acids is 1. The first kappa shape index (κ1) is 18.8. The van der Waals surface area contributed by atoms with Crippen LogP contribution in [0.15, 0.2) is 0 Å². The molecule has 0 aliphatic heterocycles. The second-order valence-corrected chi connectivity index (χ2v) is 6.08. The van der Waals surface area contributed by atoms with Gasteiger partial charge in [-0.2, -0.15) is 17.0 Å². The number of rotatable bonds is 9. The highest BCUT2D eigenvalue weighted by atomic mass is 32.2. The molecular formula is C11H23N3O5S. The molecule has 118 valence electrons. The summed E-state index contributed by atoms with van der Waals surface area (Å²) in [5.41, 5.74) is 0. The van der Waals surface area contributed by atoms with Gasteiger partial charge in [0, 0.05) is 33.1 Å². The van der Waals surface area contributed by atoms with Gasteiger partial charge < -0.3 is 10.4 Å². The van der Waals surface area contributed by atoms with Crippen LogP contribution in [0.3, 0.4) is 0 Å². The van der Waals surface area contributed by atoms with Crippen LogP contribution in [0.2, 0.25) is 0 Å². The molecule has 0 rings (SSSR count). The number of carboxylic acid groups (broad SMARTS) is 1. The second-order valence-electron chi connectivity index (χ2n) is 4.20. The first-order valence-electron chi connectivity index (χ1n) is 6.42. The number of hydrogen-bond acceptors (Lipinski definition) is 4. The molecular weight excluding hydrogens is 286 g/mol. The molecule has 0 saturated carbocycles. The van der Waals surface area contributed by atoms with E-state index in [1.165, 1.54) is 18.2 Å². The lowest BCUT2D eigenvalue weighted by atomic mass is 10.3. The van der Waals surface area contributed by atoms with Gasteiger partial charge in [0.05, 0.1) is 0 Å². The van der Waals surface area contributed by atoms with Crippen LogP contribution in [0.5, 0.6) is 0 Å². The fourth-order valence-corrected chi connectivity index (χ4v) is 3.43. The predicted octanol–water partition coefficient (Wildman–Crippen LogP) is -0.516. The average Bonchev–Trinajstić information content (AvgIpc) is 2.34. The summed E-state index contributed by atoms with van der Waals surface area (Å²) in [6, 6.07) is -1.20. The molecule has 20 heavy (non-hydrogen) atoms. The molecule has 0 aromatic heterocycles. The van der Waals surface area contributed by atoms with Crippen molar-refractivity contribution in [2.75, 3.05) is 26.2 Å². The van der Waals surface area contributed by atoms with Crippen LogP contribution >= 0.6 is 0 Å². The highest BCUT2D eigenvalue weighted by molar-refractivity contribution is 7.86. The summed E-state index contributed by atoms with van der Waals surface area (Å²) in [4.78, 5) is 21.9. The lowest BCUT2D eigenvalue weighted by Crippen LogP contribution is -2.52. The van der Waals surface area contributed by atoms with E-state index >= 15 is 0 Å². The molecule has 0 heterocycles. The maximum absolute atomic E-state index is 12.4. The first-order valence-corrected chi connectivity index (χ1v) is 7.82. The van der Waals surface area contributed by atoms with Gasteiger partial charge in [-0.15, -0.1) is 0 Å². The minimum Gasteiger partial charge on any atom is -0.480 e. The van der Waals surface area contributed by atoms with Gasteiger partial charge in [-0.3, -0.25) is 9.59 Å². The first-order chi connectivity index (χ1) is 9.18. The Hall–Kier alpha value is -1.19. The topological polar surface area (TPSA) is 107 Å². The van der Waals surface area contributed by atoms with E-state index in [9.17, 15) is 18.0 Å². The van der Waals surface area contributed by atoms with Crippen LogP contribution in [-0.2, 0) is 19.8 Å². The lowest BCUT2D eigenvalue weighted by molar-refractivity contribution is -0.140. The molecule has 1 amide bonds. The SMILES string of the molecule is CCN(CC)S(=O)(=O)N(CCNC(C)=O)C(C)C(=O)O. The van der Waals surface area contributed by atoms with E-state index in [0.29, 0.717) is 0 Å². The van der Waals surface area contributed by atoms with E-state index in [1.807, 2.05) is 0 Å². The van der Waals surface area contributed by atoms with Crippen molar-refractivity contribution in [2.45, 2.75) is 33.7 Å². The minimum atomic E-state index is -3.87. The Morgan fingerprint density at radius 3 is 2.10 bits per heavy atom. The van der Waals surface area contributed by atoms with E-state index in [0.717, 1.165) is 4.31 Å². The number of aliphatic carboxylic acids is 1. The number of nitrogens with zero attached hydrogens (tertiary/aromatic N) is 2. The van der Waals surface area contributed by atoms with Crippen molar-refractivity contribution >= 4 is 22.1 Å². The van der Waals surface area contributed by atoms with Crippen LogP contribution in [0.4, 0.5) is 0 Å². The van der Waals surface area contributed by atoms with Crippen LogP contribution < -0.4 is 5.32 Å². The normalized spacial score (nSPS) is 13.5. The molecule has 0 spiro atoms. The maximum Gasteiger partial charge on any atom is 0.321 e. The number of carboxylic acids is 1. The summed E-state index contributed by atoms with van der Waals surface area (Å²) in [6.45, 7) is 6.45. The molecule has 0 aliphatic carbocycles. The van der Waals surface area contributed by atoms with E-state index < -0.39 is 22.2 Å². The van der Waals surface area contributed by atoms with E-state index in [1.54, 1.807) is 13.8 Å². The Morgan fingerprint density at radius 2 is 1.75 bits per heavy atom. The Kier molecular flexibility index (Phi) is 7.69. The van der Waals surface area contributed by atoms with Gasteiger partial charge in [0.15, 0.2) is 0 Å². The van der Waals surface area contributed by atoms with Crippen molar-refractivity contribution in [1.29, 1.82) is 0 Å². The molecule has 0 fully saturated rings. The van der Waals surface area contributed by atoms with Gasteiger partial charge in [0.25, 0.3) is 10.2 Å². The van der Waals surface area contributed by atoms with Crippen LogP contribution in [0, 0.1) is 0 Å². The van der Waals surface area contributed by atoms with Crippen molar-refractivity contribution in [2.24, 2.45) is 0 Å². The number of hydrogen-bond donors (Lipinski definition) is 2. The quantitative estimate of drug-likeness (QED) is 0.596. The van der Waals surface area contributed by atoms with Crippen molar-refractivity contribution in [3.63, 3.8) is 0 Å². The number of amides is 1.